The van der Waals surface area contributed by atoms with Crippen molar-refractivity contribution in [3.8, 4) is 5.82 Å². The van der Waals surface area contributed by atoms with Crippen molar-refractivity contribution in [2.75, 3.05) is 12.4 Å². The van der Waals surface area contributed by atoms with Crippen molar-refractivity contribution >= 4 is 5.95 Å². The van der Waals surface area contributed by atoms with Gasteiger partial charge in [-0.2, -0.15) is 10.1 Å². The van der Waals surface area contributed by atoms with E-state index < -0.39 is 0 Å². The van der Waals surface area contributed by atoms with Gasteiger partial charge in [0.15, 0.2) is 5.82 Å². The number of anilines is 1. The molecule has 0 aliphatic rings. The summed E-state index contributed by atoms with van der Waals surface area (Å²) in [5.74, 6) is 1.40. The van der Waals surface area contributed by atoms with E-state index in [1.165, 1.54) is 5.56 Å². The molecule has 2 heterocycles. The van der Waals surface area contributed by atoms with Crippen LogP contribution in [-0.4, -0.2) is 26.8 Å². The van der Waals surface area contributed by atoms with Crippen LogP contribution in [0.1, 0.15) is 23.9 Å². The highest BCUT2D eigenvalue weighted by Gasteiger charge is 2.12. The van der Waals surface area contributed by atoms with Crippen LogP contribution in [0.15, 0.2) is 12.3 Å². The van der Waals surface area contributed by atoms with Crippen molar-refractivity contribution in [2.45, 2.75) is 27.2 Å². The minimum absolute atomic E-state index is 0.605. The highest BCUT2D eigenvalue weighted by molar-refractivity contribution is 5.35. The number of aryl methyl sites for hydroxylation is 1. The summed E-state index contributed by atoms with van der Waals surface area (Å²) in [4.78, 5) is 8.49. The van der Waals surface area contributed by atoms with Gasteiger partial charge in [-0.05, 0) is 25.8 Å². The Morgan fingerprint density at radius 1 is 1.35 bits per heavy atom. The fraction of sp³-hybridized carbons (Fsp3) is 0.417. The molecule has 2 aromatic rings. The van der Waals surface area contributed by atoms with Gasteiger partial charge in [-0.15, -0.1) is 0 Å². The van der Waals surface area contributed by atoms with E-state index in [1.54, 1.807) is 13.2 Å². The molecule has 2 rings (SSSR count). The topological polar surface area (TPSA) is 55.6 Å². The molecule has 5 heteroatoms. The fourth-order valence-corrected chi connectivity index (χ4v) is 2.00. The normalized spacial score (nSPS) is 10.6. The van der Waals surface area contributed by atoms with Gasteiger partial charge in [0.2, 0.25) is 5.95 Å². The SMILES string of the molecule is CCc1c(C)nn(-c2ccnc(NC)n2)c1C. The zero-order valence-electron chi connectivity index (χ0n) is 10.7. The molecule has 90 valence electrons. The van der Waals surface area contributed by atoms with Crippen LogP contribution in [0, 0.1) is 13.8 Å². The van der Waals surface area contributed by atoms with Crippen LogP contribution in [0.4, 0.5) is 5.95 Å². The third-order valence-corrected chi connectivity index (χ3v) is 2.88. The zero-order chi connectivity index (χ0) is 12.4. The molecular formula is C12H17N5. The third kappa shape index (κ3) is 2.00. The Morgan fingerprint density at radius 2 is 2.12 bits per heavy atom. The van der Waals surface area contributed by atoms with Gasteiger partial charge < -0.3 is 5.32 Å². The maximum absolute atomic E-state index is 4.53. The summed E-state index contributed by atoms with van der Waals surface area (Å²) in [6.45, 7) is 6.24. The molecule has 0 saturated heterocycles. The highest BCUT2D eigenvalue weighted by Crippen LogP contribution is 2.17. The summed E-state index contributed by atoms with van der Waals surface area (Å²) in [7, 11) is 1.80. The number of hydrogen-bond acceptors (Lipinski definition) is 4. The van der Waals surface area contributed by atoms with Crippen molar-refractivity contribution in [3.63, 3.8) is 0 Å². The van der Waals surface area contributed by atoms with Gasteiger partial charge in [0.1, 0.15) is 0 Å². The molecule has 2 aromatic heterocycles. The van der Waals surface area contributed by atoms with Crippen LogP contribution >= 0.6 is 0 Å². The Kier molecular flexibility index (Phi) is 3.08. The van der Waals surface area contributed by atoms with E-state index in [2.05, 4.69) is 34.2 Å². The lowest BCUT2D eigenvalue weighted by Crippen LogP contribution is -2.05. The van der Waals surface area contributed by atoms with E-state index in [4.69, 9.17) is 0 Å². The van der Waals surface area contributed by atoms with Gasteiger partial charge in [0, 0.05) is 25.0 Å². The molecular weight excluding hydrogens is 214 g/mol. The second-order valence-corrected chi connectivity index (χ2v) is 3.90. The lowest BCUT2D eigenvalue weighted by atomic mass is 10.1. The summed E-state index contributed by atoms with van der Waals surface area (Å²) in [6.07, 6.45) is 2.72. The van der Waals surface area contributed by atoms with Gasteiger partial charge in [-0.3, -0.25) is 0 Å². The number of aromatic nitrogens is 4. The smallest absolute Gasteiger partial charge is 0.224 e. The Bertz CT molecular complexity index is 530. The van der Waals surface area contributed by atoms with Crippen molar-refractivity contribution in [2.24, 2.45) is 0 Å². The van der Waals surface area contributed by atoms with Crippen LogP contribution < -0.4 is 5.32 Å². The summed E-state index contributed by atoms with van der Waals surface area (Å²) in [5.41, 5.74) is 3.50. The third-order valence-electron chi connectivity index (χ3n) is 2.88. The first-order chi connectivity index (χ1) is 8.17. The van der Waals surface area contributed by atoms with Gasteiger partial charge in [0.05, 0.1) is 5.69 Å². The summed E-state index contributed by atoms with van der Waals surface area (Å²) in [5, 5.41) is 7.45. The van der Waals surface area contributed by atoms with Crippen LogP contribution in [0.25, 0.3) is 5.82 Å². The standard InChI is InChI=1S/C12H17N5/c1-5-10-8(2)16-17(9(10)3)11-6-7-14-12(13-4)15-11/h6-7H,5H2,1-4H3,(H,13,14,15). The summed E-state index contributed by atoms with van der Waals surface area (Å²) in [6, 6.07) is 1.86. The molecule has 0 amide bonds. The number of nitrogens with one attached hydrogen (secondary N) is 1. The predicted molar refractivity (Wildman–Crippen MR) is 67.6 cm³/mol. The first-order valence-electron chi connectivity index (χ1n) is 5.73. The first-order valence-corrected chi connectivity index (χ1v) is 5.73. The van der Waals surface area contributed by atoms with E-state index in [9.17, 15) is 0 Å². The second-order valence-electron chi connectivity index (χ2n) is 3.90. The highest BCUT2D eigenvalue weighted by atomic mass is 15.3. The number of nitrogens with zero attached hydrogens (tertiary/aromatic N) is 4. The van der Waals surface area contributed by atoms with Crippen LogP contribution in [0.2, 0.25) is 0 Å². The molecule has 0 aliphatic heterocycles. The molecule has 0 fully saturated rings. The maximum atomic E-state index is 4.53. The van der Waals surface area contributed by atoms with Crippen LogP contribution in [0.5, 0.6) is 0 Å². The molecule has 17 heavy (non-hydrogen) atoms. The van der Waals surface area contributed by atoms with E-state index in [1.807, 2.05) is 17.7 Å². The molecule has 0 aromatic carbocycles. The van der Waals surface area contributed by atoms with Crippen molar-refractivity contribution in [3.05, 3.63) is 29.2 Å². The molecule has 0 bridgehead atoms. The van der Waals surface area contributed by atoms with Crippen LogP contribution in [0.3, 0.4) is 0 Å². The predicted octanol–water partition coefficient (Wildman–Crippen LogP) is 1.88. The Hall–Kier alpha value is -1.91. The summed E-state index contributed by atoms with van der Waals surface area (Å²) >= 11 is 0. The number of hydrogen-bond donors (Lipinski definition) is 1. The van der Waals surface area contributed by atoms with Gasteiger partial charge >= 0.3 is 0 Å². The lowest BCUT2D eigenvalue weighted by molar-refractivity contribution is 0.801. The van der Waals surface area contributed by atoms with Gasteiger partial charge in [0.25, 0.3) is 0 Å². The van der Waals surface area contributed by atoms with E-state index in [0.717, 1.165) is 23.6 Å². The van der Waals surface area contributed by atoms with Crippen molar-refractivity contribution < 1.29 is 0 Å². The lowest BCUT2D eigenvalue weighted by Gasteiger charge is -2.05. The molecule has 0 radical (unpaired) electrons. The van der Waals surface area contributed by atoms with Gasteiger partial charge in [-0.25, -0.2) is 9.67 Å². The van der Waals surface area contributed by atoms with Crippen molar-refractivity contribution in [1.82, 2.24) is 19.7 Å². The minimum atomic E-state index is 0.605. The Morgan fingerprint density at radius 3 is 2.71 bits per heavy atom. The molecule has 0 spiro atoms. The van der Waals surface area contributed by atoms with E-state index in [0.29, 0.717) is 5.95 Å². The Balaban J connectivity index is 2.52. The van der Waals surface area contributed by atoms with E-state index >= 15 is 0 Å². The molecule has 5 nitrogen and oxygen atoms in total. The van der Waals surface area contributed by atoms with Gasteiger partial charge in [-0.1, -0.05) is 6.92 Å². The number of rotatable bonds is 3. The fourth-order valence-electron chi connectivity index (χ4n) is 2.00. The largest absolute Gasteiger partial charge is 0.357 e. The second kappa shape index (κ2) is 4.53. The molecule has 0 saturated carbocycles. The van der Waals surface area contributed by atoms with E-state index in [-0.39, 0.29) is 0 Å². The molecule has 0 atom stereocenters. The Labute approximate surface area is 101 Å². The molecule has 0 aliphatic carbocycles. The average molecular weight is 231 g/mol. The van der Waals surface area contributed by atoms with Crippen LogP contribution in [-0.2, 0) is 6.42 Å². The maximum Gasteiger partial charge on any atom is 0.224 e. The van der Waals surface area contributed by atoms with Crippen molar-refractivity contribution in [1.29, 1.82) is 0 Å². The zero-order valence-corrected chi connectivity index (χ0v) is 10.7. The first kappa shape index (κ1) is 11.6. The quantitative estimate of drug-likeness (QED) is 0.876. The minimum Gasteiger partial charge on any atom is -0.357 e. The summed E-state index contributed by atoms with van der Waals surface area (Å²) < 4.78 is 1.87. The monoisotopic (exact) mass is 231 g/mol. The average Bonchev–Trinajstić information content (AvgIpc) is 2.64. The molecule has 1 N–H and O–H groups in total. The molecule has 0 unspecified atom stereocenters.